The highest BCUT2D eigenvalue weighted by Crippen LogP contribution is 2.20. The van der Waals surface area contributed by atoms with Gasteiger partial charge in [0.05, 0.1) is 13.3 Å². The van der Waals surface area contributed by atoms with Crippen molar-refractivity contribution < 1.29 is 4.74 Å². The Balaban J connectivity index is 2.73. The SMILES string of the molecule is COC1=CN(C)C(N(C)C)N1C. The maximum atomic E-state index is 5.19. The van der Waals surface area contributed by atoms with Crippen LogP contribution in [0.15, 0.2) is 12.1 Å². The average Bonchev–Trinajstić information content (AvgIpc) is 2.25. The largest absolute Gasteiger partial charge is 0.481 e. The molecule has 0 aliphatic carbocycles. The molecule has 4 nitrogen and oxygen atoms in total. The maximum absolute atomic E-state index is 5.19. The Morgan fingerprint density at radius 1 is 1.42 bits per heavy atom. The van der Waals surface area contributed by atoms with Gasteiger partial charge in [0, 0.05) is 14.1 Å². The van der Waals surface area contributed by atoms with Crippen LogP contribution in [0.4, 0.5) is 0 Å². The molecule has 1 atom stereocenters. The highest BCUT2D eigenvalue weighted by molar-refractivity contribution is 5.00. The van der Waals surface area contributed by atoms with Gasteiger partial charge < -0.3 is 14.5 Å². The number of methoxy groups -OCH3 is 1. The fourth-order valence-electron chi connectivity index (χ4n) is 1.63. The molecule has 4 heteroatoms. The van der Waals surface area contributed by atoms with Crippen LogP contribution < -0.4 is 0 Å². The van der Waals surface area contributed by atoms with Crippen LogP contribution in [0.2, 0.25) is 0 Å². The van der Waals surface area contributed by atoms with E-state index in [9.17, 15) is 0 Å². The Bertz CT molecular complexity index is 191. The summed E-state index contributed by atoms with van der Waals surface area (Å²) in [4.78, 5) is 6.32. The average molecular weight is 171 g/mol. The van der Waals surface area contributed by atoms with Gasteiger partial charge in [-0.3, -0.25) is 4.90 Å². The van der Waals surface area contributed by atoms with Crippen molar-refractivity contribution in [3.8, 4) is 0 Å². The van der Waals surface area contributed by atoms with E-state index >= 15 is 0 Å². The van der Waals surface area contributed by atoms with Gasteiger partial charge in [0.15, 0.2) is 6.29 Å². The Labute approximate surface area is 74.0 Å². The van der Waals surface area contributed by atoms with Crippen molar-refractivity contribution in [3.63, 3.8) is 0 Å². The second kappa shape index (κ2) is 3.23. The van der Waals surface area contributed by atoms with Crippen LogP contribution in [0, 0.1) is 0 Å². The minimum absolute atomic E-state index is 0.264. The van der Waals surface area contributed by atoms with Gasteiger partial charge in [-0.05, 0) is 14.1 Å². The molecule has 1 aliphatic heterocycles. The predicted octanol–water partition coefficient (Wildman–Crippen LogP) is 0.154. The van der Waals surface area contributed by atoms with Crippen molar-refractivity contribution in [1.82, 2.24) is 14.7 Å². The van der Waals surface area contributed by atoms with E-state index in [-0.39, 0.29) is 6.29 Å². The van der Waals surface area contributed by atoms with Crippen molar-refractivity contribution in [3.05, 3.63) is 12.1 Å². The van der Waals surface area contributed by atoms with Crippen LogP contribution in [0.3, 0.4) is 0 Å². The van der Waals surface area contributed by atoms with Gasteiger partial charge in [-0.1, -0.05) is 0 Å². The number of ether oxygens (including phenoxy) is 1. The molecule has 0 radical (unpaired) electrons. The molecule has 1 rings (SSSR count). The third-order valence-corrected chi connectivity index (χ3v) is 2.04. The highest BCUT2D eigenvalue weighted by Gasteiger charge is 2.28. The first-order chi connectivity index (χ1) is 5.57. The molecule has 0 bridgehead atoms. The zero-order valence-electron chi connectivity index (χ0n) is 8.40. The lowest BCUT2D eigenvalue weighted by Crippen LogP contribution is -2.46. The molecule has 0 amide bonds. The summed E-state index contributed by atoms with van der Waals surface area (Å²) >= 11 is 0. The van der Waals surface area contributed by atoms with Crippen molar-refractivity contribution >= 4 is 0 Å². The highest BCUT2D eigenvalue weighted by atomic mass is 16.5. The molecule has 1 aliphatic rings. The molecule has 0 aromatic rings. The van der Waals surface area contributed by atoms with E-state index in [0.717, 1.165) is 5.88 Å². The second-order valence-corrected chi connectivity index (χ2v) is 3.26. The smallest absolute Gasteiger partial charge is 0.208 e. The fourth-order valence-corrected chi connectivity index (χ4v) is 1.63. The fraction of sp³-hybridized carbons (Fsp3) is 0.750. The van der Waals surface area contributed by atoms with E-state index in [0.29, 0.717) is 0 Å². The van der Waals surface area contributed by atoms with E-state index in [2.05, 4.69) is 14.7 Å². The lowest BCUT2D eigenvalue weighted by molar-refractivity contribution is 0.0265. The molecule has 0 N–H and O–H groups in total. The first-order valence-electron chi connectivity index (χ1n) is 3.95. The summed E-state index contributed by atoms with van der Waals surface area (Å²) in [7, 11) is 9.83. The van der Waals surface area contributed by atoms with Crippen molar-refractivity contribution in [1.29, 1.82) is 0 Å². The van der Waals surface area contributed by atoms with Crippen molar-refractivity contribution in [2.24, 2.45) is 0 Å². The van der Waals surface area contributed by atoms with Gasteiger partial charge >= 0.3 is 0 Å². The summed E-state index contributed by atoms with van der Waals surface area (Å²) in [5, 5.41) is 0. The zero-order valence-corrected chi connectivity index (χ0v) is 8.40. The number of rotatable bonds is 2. The number of nitrogens with zero attached hydrogens (tertiary/aromatic N) is 3. The van der Waals surface area contributed by atoms with E-state index in [1.165, 1.54) is 0 Å². The summed E-state index contributed by atoms with van der Waals surface area (Å²) in [6, 6.07) is 0. The van der Waals surface area contributed by atoms with Crippen LogP contribution in [-0.4, -0.2) is 56.3 Å². The van der Waals surface area contributed by atoms with Crippen LogP contribution in [0.1, 0.15) is 0 Å². The van der Waals surface area contributed by atoms with E-state index in [4.69, 9.17) is 4.74 Å². The maximum Gasteiger partial charge on any atom is 0.208 e. The Hall–Kier alpha value is -0.900. The molecular weight excluding hydrogens is 154 g/mol. The van der Waals surface area contributed by atoms with Gasteiger partial charge in [-0.15, -0.1) is 0 Å². The Morgan fingerprint density at radius 3 is 2.25 bits per heavy atom. The molecule has 0 fully saturated rings. The summed E-state index contributed by atoms with van der Waals surface area (Å²) in [6.45, 7) is 0. The van der Waals surface area contributed by atoms with Crippen LogP contribution in [0.5, 0.6) is 0 Å². The summed E-state index contributed by atoms with van der Waals surface area (Å²) in [5.41, 5.74) is 0. The lowest BCUT2D eigenvalue weighted by Gasteiger charge is -2.33. The number of hydrogen-bond donors (Lipinski definition) is 0. The first-order valence-corrected chi connectivity index (χ1v) is 3.95. The predicted molar refractivity (Wildman–Crippen MR) is 48.1 cm³/mol. The van der Waals surface area contributed by atoms with E-state index < -0.39 is 0 Å². The first kappa shape index (κ1) is 9.19. The quantitative estimate of drug-likeness (QED) is 0.589. The molecule has 0 saturated carbocycles. The second-order valence-electron chi connectivity index (χ2n) is 3.26. The third kappa shape index (κ3) is 1.34. The monoisotopic (exact) mass is 171 g/mol. The van der Waals surface area contributed by atoms with Crippen LogP contribution in [0.25, 0.3) is 0 Å². The molecule has 0 aromatic carbocycles. The molecule has 0 saturated heterocycles. The van der Waals surface area contributed by atoms with E-state index in [1.807, 2.05) is 34.4 Å². The lowest BCUT2D eigenvalue weighted by atomic mass is 10.6. The van der Waals surface area contributed by atoms with Crippen LogP contribution in [-0.2, 0) is 4.74 Å². The van der Waals surface area contributed by atoms with Gasteiger partial charge in [0.1, 0.15) is 0 Å². The summed E-state index contributed by atoms with van der Waals surface area (Å²) in [5.74, 6) is 0.899. The van der Waals surface area contributed by atoms with Crippen molar-refractivity contribution in [2.75, 3.05) is 35.3 Å². The molecule has 0 aromatic heterocycles. The Kier molecular flexibility index (Phi) is 2.47. The minimum atomic E-state index is 0.264. The molecule has 70 valence electrons. The molecule has 1 heterocycles. The molecule has 12 heavy (non-hydrogen) atoms. The zero-order chi connectivity index (χ0) is 9.30. The van der Waals surface area contributed by atoms with Gasteiger partial charge in [0.25, 0.3) is 0 Å². The topological polar surface area (TPSA) is 19.0 Å². The van der Waals surface area contributed by atoms with Gasteiger partial charge in [-0.2, -0.15) is 0 Å². The van der Waals surface area contributed by atoms with Gasteiger partial charge in [-0.25, -0.2) is 0 Å². The standard InChI is InChI=1S/C8H17N3O/c1-9(2)8-10(3)6-7(12-5)11(8)4/h6,8H,1-5H3. The van der Waals surface area contributed by atoms with E-state index in [1.54, 1.807) is 7.11 Å². The van der Waals surface area contributed by atoms with Gasteiger partial charge in [0.2, 0.25) is 5.88 Å². The van der Waals surface area contributed by atoms with Crippen LogP contribution >= 0.6 is 0 Å². The normalized spacial score (nSPS) is 23.5. The molecule has 0 spiro atoms. The summed E-state index contributed by atoms with van der Waals surface area (Å²) < 4.78 is 5.19. The third-order valence-electron chi connectivity index (χ3n) is 2.04. The number of hydrogen-bond acceptors (Lipinski definition) is 4. The van der Waals surface area contributed by atoms with Crippen molar-refractivity contribution in [2.45, 2.75) is 6.29 Å². The molecule has 1 unspecified atom stereocenters. The molecular formula is C8H17N3O. The summed E-state index contributed by atoms with van der Waals surface area (Å²) in [6.07, 6.45) is 2.25. The Morgan fingerprint density at radius 2 is 2.00 bits per heavy atom. The minimum Gasteiger partial charge on any atom is -0.481 e.